The lowest BCUT2D eigenvalue weighted by atomic mass is 10.1. The van der Waals surface area contributed by atoms with Gasteiger partial charge in [0, 0.05) is 18.0 Å². The third kappa shape index (κ3) is 2.41. The van der Waals surface area contributed by atoms with Crippen LogP contribution >= 0.6 is 0 Å². The summed E-state index contributed by atoms with van der Waals surface area (Å²) in [6, 6.07) is 0. The lowest BCUT2D eigenvalue weighted by Crippen LogP contribution is -2.22. The molecule has 2 unspecified atom stereocenters. The molecule has 0 amide bonds. The first-order valence-corrected chi connectivity index (χ1v) is 3.59. The molecular weight excluding hydrogens is 179 g/mol. The molecule has 3 N–H and O–H groups in total. The summed E-state index contributed by atoms with van der Waals surface area (Å²) in [7, 11) is 0. The third-order valence-corrected chi connectivity index (χ3v) is 1.53. The van der Waals surface area contributed by atoms with E-state index >= 15 is 0 Å². The van der Waals surface area contributed by atoms with Crippen LogP contribution in [0.15, 0.2) is 12.4 Å². The zero-order valence-corrected chi connectivity index (χ0v) is 6.63. The first-order chi connectivity index (χ1) is 6.15. The summed E-state index contributed by atoms with van der Waals surface area (Å²) in [5.41, 5.74) is 0.156. The van der Waals surface area contributed by atoms with Gasteiger partial charge in [0.15, 0.2) is 0 Å². The van der Waals surface area contributed by atoms with Crippen molar-refractivity contribution in [3.63, 3.8) is 0 Å². The van der Waals surface area contributed by atoms with Crippen LogP contribution in [-0.4, -0.2) is 38.0 Å². The molecule has 13 heavy (non-hydrogen) atoms. The molecule has 2 atom stereocenters. The van der Waals surface area contributed by atoms with E-state index in [1.54, 1.807) is 0 Å². The van der Waals surface area contributed by atoms with E-state index in [4.69, 9.17) is 10.2 Å². The van der Waals surface area contributed by atoms with Crippen LogP contribution < -0.4 is 0 Å². The van der Waals surface area contributed by atoms with Crippen molar-refractivity contribution in [3.8, 4) is 0 Å². The van der Waals surface area contributed by atoms with Gasteiger partial charge in [-0.25, -0.2) is 9.97 Å². The Labute approximate surface area is 73.5 Å². The van der Waals surface area contributed by atoms with Crippen LogP contribution in [0.5, 0.6) is 0 Å². The maximum Gasteiger partial charge on any atom is 0.308 e. The number of hydrogen-bond acceptors (Lipinski definition) is 5. The Balaban J connectivity index is 2.77. The van der Waals surface area contributed by atoms with Crippen molar-refractivity contribution < 1.29 is 19.7 Å². The van der Waals surface area contributed by atoms with Gasteiger partial charge in [-0.05, 0) is 0 Å². The number of nitrogens with zero attached hydrogens (tertiary/aromatic N) is 2. The minimum Gasteiger partial charge on any atom is -0.394 e. The first kappa shape index (κ1) is 9.97. The zero-order chi connectivity index (χ0) is 9.84. The van der Waals surface area contributed by atoms with E-state index in [9.17, 15) is 9.50 Å². The molecule has 1 rings (SSSR count). The summed E-state index contributed by atoms with van der Waals surface area (Å²) >= 11 is 0. The molecule has 0 saturated carbocycles. The highest BCUT2D eigenvalue weighted by Gasteiger charge is 2.17. The van der Waals surface area contributed by atoms with Gasteiger partial charge in [0.1, 0.15) is 12.2 Å². The Hall–Kier alpha value is -1.11. The van der Waals surface area contributed by atoms with Crippen molar-refractivity contribution in [2.75, 3.05) is 6.61 Å². The summed E-state index contributed by atoms with van der Waals surface area (Å²) in [6.07, 6.45) is -1.42. The van der Waals surface area contributed by atoms with Gasteiger partial charge in [-0.3, -0.25) is 0 Å². The topological polar surface area (TPSA) is 86.5 Å². The van der Waals surface area contributed by atoms with Crippen LogP contribution in [0.1, 0.15) is 11.7 Å². The minimum atomic E-state index is -1.31. The molecule has 0 aliphatic carbocycles. The fourth-order valence-electron chi connectivity index (χ4n) is 0.797. The summed E-state index contributed by atoms with van der Waals surface area (Å²) in [5.74, 6) is 0. The lowest BCUT2D eigenvalue weighted by Gasteiger charge is -2.14. The van der Waals surface area contributed by atoms with Gasteiger partial charge >= 0.3 is 6.08 Å². The lowest BCUT2D eigenvalue weighted by molar-refractivity contribution is -0.0156. The predicted molar refractivity (Wildman–Crippen MR) is 40.0 cm³/mol. The summed E-state index contributed by atoms with van der Waals surface area (Å²) in [4.78, 5) is 6.37. The van der Waals surface area contributed by atoms with E-state index in [0.29, 0.717) is 0 Å². The van der Waals surface area contributed by atoms with Crippen molar-refractivity contribution in [3.05, 3.63) is 24.0 Å². The molecule has 6 heteroatoms. The van der Waals surface area contributed by atoms with Gasteiger partial charge in [-0.2, -0.15) is 4.39 Å². The van der Waals surface area contributed by atoms with Crippen LogP contribution in [0.2, 0.25) is 0 Å². The Kier molecular flexibility index (Phi) is 3.24. The molecule has 0 saturated heterocycles. The average molecular weight is 188 g/mol. The Morgan fingerprint density at radius 2 is 1.85 bits per heavy atom. The van der Waals surface area contributed by atoms with Crippen molar-refractivity contribution >= 4 is 0 Å². The average Bonchev–Trinajstić information content (AvgIpc) is 2.17. The van der Waals surface area contributed by atoms with Crippen LogP contribution in [0, 0.1) is 6.08 Å². The summed E-state index contributed by atoms with van der Waals surface area (Å²) in [5, 5.41) is 26.8. The zero-order valence-electron chi connectivity index (χ0n) is 6.63. The number of rotatable bonds is 3. The van der Waals surface area contributed by atoms with E-state index in [0.717, 1.165) is 12.4 Å². The second-order valence-electron chi connectivity index (χ2n) is 2.48. The molecule has 5 nitrogen and oxygen atoms in total. The van der Waals surface area contributed by atoms with Gasteiger partial charge < -0.3 is 15.3 Å². The maximum absolute atomic E-state index is 12.2. The molecule has 0 bridgehead atoms. The maximum atomic E-state index is 12.2. The molecule has 0 fully saturated rings. The third-order valence-electron chi connectivity index (χ3n) is 1.53. The second-order valence-corrected chi connectivity index (χ2v) is 2.48. The number of aromatic nitrogens is 2. The molecule has 0 aliphatic rings. The molecule has 0 spiro atoms. The predicted octanol–water partition coefficient (Wildman–Crippen LogP) is -0.998. The minimum absolute atomic E-state index is 0.156. The van der Waals surface area contributed by atoms with E-state index in [-0.39, 0.29) is 5.56 Å². The normalized spacial score (nSPS) is 15.4. The van der Waals surface area contributed by atoms with Crippen molar-refractivity contribution in [2.45, 2.75) is 12.2 Å². The highest BCUT2D eigenvalue weighted by molar-refractivity contribution is 5.08. The standard InChI is InChI=1S/C7H9FN2O3/c8-7-9-1-4(2-10-7)6(13)5(12)3-11/h1-2,5-6,11-13H,3H2. The van der Waals surface area contributed by atoms with Crippen LogP contribution in [0.4, 0.5) is 4.39 Å². The largest absolute Gasteiger partial charge is 0.394 e. The van der Waals surface area contributed by atoms with E-state index < -0.39 is 24.9 Å². The molecule has 1 heterocycles. The van der Waals surface area contributed by atoms with Gasteiger partial charge in [0.25, 0.3) is 0 Å². The quantitative estimate of drug-likeness (QED) is 0.530. The fraction of sp³-hybridized carbons (Fsp3) is 0.429. The molecule has 72 valence electrons. The molecule has 1 aromatic heterocycles. The monoisotopic (exact) mass is 188 g/mol. The molecular formula is C7H9FN2O3. The molecule has 1 aromatic rings. The van der Waals surface area contributed by atoms with Gasteiger partial charge in [0.05, 0.1) is 6.61 Å². The highest BCUT2D eigenvalue weighted by atomic mass is 19.1. The Morgan fingerprint density at radius 1 is 1.31 bits per heavy atom. The SMILES string of the molecule is OCC(O)C(O)c1cnc(F)nc1. The number of aliphatic hydroxyl groups is 3. The number of halogens is 1. The second kappa shape index (κ2) is 4.22. The summed E-state index contributed by atoms with van der Waals surface area (Å²) < 4.78 is 12.2. The van der Waals surface area contributed by atoms with Crippen molar-refractivity contribution in [1.82, 2.24) is 9.97 Å². The number of hydrogen-bond donors (Lipinski definition) is 3. The highest BCUT2D eigenvalue weighted by Crippen LogP contribution is 2.14. The fourth-order valence-corrected chi connectivity index (χ4v) is 0.797. The van der Waals surface area contributed by atoms with Crippen molar-refractivity contribution in [1.29, 1.82) is 0 Å². The van der Waals surface area contributed by atoms with Crippen LogP contribution in [-0.2, 0) is 0 Å². The Morgan fingerprint density at radius 3 is 2.31 bits per heavy atom. The van der Waals surface area contributed by atoms with Crippen LogP contribution in [0.25, 0.3) is 0 Å². The van der Waals surface area contributed by atoms with Gasteiger partial charge in [-0.15, -0.1) is 0 Å². The smallest absolute Gasteiger partial charge is 0.308 e. The molecule has 0 radical (unpaired) electrons. The van der Waals surface area contributed by atoms with Crippen LogP contribution in [0.3, 0.4) is 0 Å². The van der Waals surface area contributed by atoms with E-state index in [1.165, 1.54) is 0 Å². The van der Waals surface area contributed by atoms with E-state index in [2.05, 4.69) is 9.97 Å². The molecule has 0 aromatic carbocycles. The van der Waals surface area contributed by atoms with Gasteiger partial charge in [-0.1, -0.05) is 0 Å². The van der Waals surface area contributed by atoms with Gasteiger partial charge in [0.2, 0.25) is 0 Å². The first-order valence-electron chi connectivity index (χ1n) is 3.59. The van der Waals surface area contributed by atoms with E-state index in [1.807, 2.05) is 0 Å². The summed E-state index contributed by atoms with van der Waals surface area (Å²) in [6.45, 7) is -0.585. The molecule has 0 aliphatic heterocycles. The Bertz CT molecular complexity index is 267. The number of aliphatic hydroxyl groups excluding tert-OH is 3. The van der Waals surface area contributed by atoms with Crippen molar-refractivity contribution in [2.24, 2.45) is 0 Å².